The molecule has 15 heavy (non-hydrogen) atoms. The third-order valence-electron chi connectivity index (χ3n) is 2.46. The molecule has 84 valence electrons. The lowest BCUT2D eigenvalue weighted by Crippen LogP contribution is -2.38. The van der Waals surface area contributed by atoms with Crippen molar-refractivity contribution in [1.29, 1.82) is 0 Å². The molecule has 4 heteroatoms. The number of amides is 1. The van der Waals surface area contributed by atoms with E-state index in [0.29, 0.717) is 19.5 Å². The summed E-state index contributed by atoms with van der Waals surface area (Å²) in [5, 5.41) is 8.84. The van der Waals surface area contributed by atoms with Gasteiger partial charge in [-0.2, -0.15) is 0 Å². The number of hydrogen-bond donors (Lipinski definition) is 2. The molecule has 2 atom stereocenters. The minimum absolute atomic E-state index is 0.0151. The molecular formula is C11H18N2O2. The minimum Gasteiger partial charge on any atom is -0.395 e. The molecule has 3 N–H and O–H groups in total. The zero-order valence-corrected chi connectivity index (χ0v) is 8.80. The van der Waals surface area contributed by atoms with E-state index in [1.165, 1.54) is 0 Å². The quantitative estimate of drug-likeness (QED) is 0.623. The number of nitrogens with zero attached hydrogens (tertiary/aromatic N) is 1. The van der Waals surface area contributed by atoms with E-state index in [4.69, 9.17) is 10.8 Å². The van der Waals surface area contributed by atoms with Gasteiger partial charge in [-0.15, -0.1) is 6.58 Å². The van der Waals surface area contributed by atoms with Gasteiger partial charge in [0.05, 0.1) is 12.5 Å². The maximum Gasteiger partial charge on any atom is 0.229 e. The van der Waals surface area contributed by atoms with Gasteiger partial charge < -0.3 is 15.7 Å². The molecule has 0 saturated heterocycles. The summed E-state index contributed by atoms with van der Waals surface area (Å²) in [6.07, 6.45) is 6.03. The fourth-order valence-electron chi connectivity index (χ4n) is 1.71. The zero-order valence-electron chi connectivity index (χ0n) is 8.80. The van der Waals surface area contributed by atoms with Gasteiger partial charge in [-0.05, 0) is 6.42 Å². The van der Waals surface area contributed by atoms with Crippen molar-refractivity contribution in [1.82, 2.24) is 4.90 Å². The third-order valence-corrected chi connectivity index (χ3v) is 2.46. The molecule has 1 rings (SSSR count). The molecule has 0 aromatic heterocycles. The van der Waals surface area contributed by atoms with Crippen molar-refractivity contribution in [2.45, 2.75) is 12.5 Å². The maximum atomic E-state index is 11.9. The van der Waals surface area contributed by atoms with Gasteiger partial charge >= 0.3 is 0 Å². The molecule has 0 aromatic carbocycles. The maximum absolute atomic E-state index is 11.9. The van der Waals surface area contributed by atoms with E-state index in [2.05, 4.69) is 6.58 Å². The summed E-state index contributed by atoms with van der Waals surface area (Å²) in [5.74, 6) is -0.111. The third kappa shape index (κ3) is 3.18. The van der Waals surface area contributed by atoms with Gasteiger partial charge in [0.2, 0.25) is 5.91 Å². The molecule has 1 aliphatic carbocycles. The first kappa shape index (κ1) is 11.9. The van der Waals surface area contributed by atoms with Crippen LogP contribution in [-0.2, 0) is 4.79 Å². The summed E-state index contributed by atoms with van der Waals surface area (Å²) in [7, 11) is 0. The molecule has 1 aliphatic rings. The first-order valence-electron chi connectivity index (χ1n) is 5.13. The SMILES string of the molecule is C=CCN(CCO)C(=O)C1C=CC(N)C1. The Labute approximate surface area is 90.1 Å². The molecule has 0 aromatic rings. The van der Waals surface area contributed by atoms with Crippen LogP contribution in [0.3, 0.4) is 0 Å². The van der Waals surface area contributed by atoms with E-state index in [0.717, 1.165) is 0 Å². The van der Waals surface area contributed by atoms with Crippen molar-refractivity contribution >= 4 is 5.91 Å². The van der Waals surface area contributed by atoms with Crippen molar-refractivity contribution in [3.05, 3.63) is 24.8 Å². The van der Waals surface area contributed by atoms with Gasteiger partial charge in [0.25, 0.3) is 0 Å². The number of nitrogens with two attached hydrogens (primary N) is 1. The highest BCUT2D eigenvalue weighted by Crippen LogP contribution is 2.18. The van der Waals surface area contributed by atoms with Gasteiger partial charge in [-0.1, -0.05) is 18.2 Å². The van der Waals surface area contributed by atoms with Gasteiger partial charge in [-0.3, -0.25) is 4.79 Å². The number of aliphatic hydroxyl groups excluding tert-OH is 1. The predicted octanol–water partition coefficient (Wildman–Crippen LogP) is -0.103. The molecule has 0 aliphatic heterocycles. The summed E-state index contributed by atoms with van der Waals surface area (Å²) in [6.45, 7) is 4.39. The summed E-state index contributed by atoms with van der Waals surface area (Å²) in [4.78, 5) is 13.5. The molecule has 0 fully saturated rings. The highest BCUT2D eigenvalue weighted by Gasteiger charge is 2.26. The lowest BCUT2D eigenvalue weighted by atomic mass is 10.1. The average molecular weight is 210 g/mol. The normalized spacial score (nSPS) is 24.1. The first-order chi connectivity index (χ1) is 7.19. The van der Waals surface area contributed by atoms with Crippen LogP contribution in [-0.4, -0.2) is 41.7 Å². The van der Waals surface area contributed by atoms with Crippen molar-refractivity contribution in [2.75, 3.05) is 19.7 Å². The average Bonchev–Trinajstić information content (AvgIpc) is 2.63. The van der Waals surface area contributed by atoms with Gasteiger partial charge in [0, 0.05) is 19.1 Å². The molecule has 0 radical (unpaired) electrons. The van der Waals surface area contributed by atoms with Crippen LogP contribution in [0.1, 0.15) is 6.42 Å². The van der Waals surface area contributed by atoms with Gasteiger partial charge in [-0.25, -0.2) is 0 Å². The number of rotatable bonds is 5. The van der Waals surface area contributed by atoms with Crippen LogP contribution in [0.5, 0.6) is 0 Å². The molecular weight excluding hydrogens is 192 g/mol. The lowest BCUT2D eigenvalue weighted by molar-refractivity contribution is -0.134. The van der Waals surface area contributed by atoms with Crippen LogP contribution >= 0.6 is 0 Å². The topological polar surface area (TPSA) is 66.6 Å². The number of carbonyl (C=O) groups is 1. The number of aliphatic hydroxyl groups is 1. The smallest absolute Gasteiger partial charge is 0.229 e. The summed E-state index contributed by atoms with van der Waals surface area (Å²) >= 11 is 0. The van der Waals surface area contributed by atoms with E-state index in [9.17, 15) is 4.79 Å². The molecule has 1 amide bonds. The Kier molecular flexibility index (Phi) is 4.52. The van der Waals surface area contributed by atoms with Gasteiger partial charge in [0.15, 0.2) is 0 Å². The fraction of sp³-hybridized carbons (Fsp3) is 0.545. The Bertz CT molecular complexity index is 263. The van der Waals surface area contributed by atoms with Gasteiger partial charge in [0.1, 0.15) is 0 Å². The Morgan fingerprint density at radius 1 is 1.67 bits per heavy atom. The van der Waals surface area contributed by atoms with Crippen LogP contribution in [0, 0.1) is 5.92 Å². The fourth-order valence-corrected chi connectivity index (χ4v) is 1.71. The van der Waals surface area contributed by atoms with E-state index < -0.39 is 0 Å². The second kappa shape index (κ2) is 5.68. The van der Waals surface area contributed by atoms with E-state index >= 15 is 0 Å². The molecule has 0 saturated carbocycles. The Hall–Kier alpha value is -1.13. The molecule has 0 heterocycles. The van der Waals surface area contributed by atoms with E-state index in [-0.39, 0.29) is 24.5 Å². The highest BCUT2D eigenvalue weighted by molar-refractivity contribution is 5.81. The Balaban J connectivity index is 2.55. The highest BCUT2D eigenvalue weighted by atomic mass is 16.3. The second-order valence-corrected chi connectivity index (χ2v) is 3.69. The van der Waals surface area contributed by atoms with Crippen molar-refractivity contribution < 1.29 is 9.90 Å². The molecule has 0 spiro atoms. The van der Waals surface area contributed by atoms with Crippen molar-refractivity contribution in [2.24, 2.45) is 11.7 Å². The first-order valence-corrected chi connectivity index (χ1v) is 5.13. The standard InChI is InChI=1S/C11H18N2O2/c1-2-5-13(6-7-14)11(15)9-3-4-10(12)8-9/h2-4,9-10,14H,1,5-8,12H2. The molecule has 4 nitrogen and oxygen atoms in total. The van der Waals surface area contributed by atoms with E-state index in [1.54, 1.807) is 11.0 Å². The number of carbonyl (C=O) groups excluding carboxylic acids is 1. The predicted molar refractivity (Wildman–Crippen MR) is 59.1 cm³/mol. The van der Waals surface area contributed by atoms with Crippen LogP contribution in [0.15, 0.2) is 24.8 Å². The van der Waals surface area contributed by atoms with Crippen molar-refractivity contribution in [3.8, 4) is 0 Å². The number of hydrogen-bond acceptors (Lipinski definition) is 3. The minimum atomic E-state index is -0.133. The molecule has 0 bridgehead atoms. The van der Waals surface area contributed by atoms with Crippen LogP contribution in [0.25, 0.3) is 0 Å². The summed E-state index contributed by atoms with van der Waals surface area (Å²) < 4.78 is 0. The second-order valence-electron chi connectivity index (χ2n) is 3.69. The van der Waals surface area contributed by atoms with Crippen LogP contribution in [0.2, 0.25) is 0 Å². The van der Waals surface area contributed by atoms with Crippen LogP contribution < -0.4 is 5.73 Å². The monoisotopic (exact) mass is 210 g/mol. The van der Waals surface area contributed by atoms with E-state index in [1.807, 2.05) is 12.2 Å². The zero-order chi connectivity index (χ0) is 11.3. The molecule has 2 unspecified atom stereocenters. The summed E-state index contributed by atoms with van der Waals surface area (Å²) in [6, 6.07) is -0.0151. The Morgan fingerprint density at radius 2 is 2.40 bits per heavy atom. The lowest BCUT2D eigenvalue weighted by Gasteiger charge is -2.23. The van der Waals surface area contributed by atoms with Crippen LogP contribution in [0.4, 0.5) is 0 Å². The summed E-state index contributed by atoms with van der Waals surface area (Å²) in [5.41, 5.74) is 5.68. The Morgan fingerprint density at radius 3 is 2.87 bits per heavy atom. The largest absolute Gasteiger partial charge is 0.395 e. The van der Waals surface area contributed by atoms with Crippen molar-refractivity contribution in [3.63, 3.8) is 0 Å².